The lowest BCUT2D eigenvalue weighted by molar-refractivity contribution is -0.143. The van der Waals surface area contributed by atoms with E-state index in [1.165, 1.54) is 13.3 Å². The van der Waals surface area contributed by atoms with Crippen LogP contribution in [0.5, 0.6) is 0 Å². The van der Waals surface area contributed by atoms with Crippen molar-refractivity contribution in [1.82, 2.24) is 20.5 Å². The van der Waals surface area contributed by atoms with E-state index >= 15 is 0 Å². The molecule has 0 fully saturated rings. The van der Waals surface area contributed by atoms with Crippen molar-refractivity contribution in [1.29, 1.82) is 0 Å². The van der Waals surface area contributed by atoms with Crippen molar-refractivity contribution in [2.45, 2.75) is 6.04 Å². The molecule has 5 N–H and O–H groups in total. The molecule has 0 radical (unpaired) electrons. The van der Waals surface area contributed by atoms with Gasteiger partial charge in [0.25, 0.3) is 0 Å². The molecular formula is C16H16N6O3. The van der Waals surface area contributed by atoms with E-state index in [1.54, 1.807) is 30.3 Å². The number of nitrogen functional groups attached to an aromatic ring is 1. The largest absolute Gasteiger partial charge is 0.467 e. The average Bonchev–Trinajstić information content (AvgIpc) is 3.00. The number of benzene rings is 1. The summed E-state index contributed by atoms with van der Waals surface area (Å²) in [6.07, 6.45) is 1.50. The third-order valence-corrected chi connectivity index (χ3v) is 3.56. The number of nitrogens with zero attached hydrogens (tertiary/aromatic N) is 2. The fraction of sp³-hybridized carbons (Fsp3) is 0.125. The predicted molar refractivity (Wildman–Crippen MR) is 91.7 cm³/mol. The molecule has 2 aromatic heterocycles. The van der Waals surface area contributed by atoms with Gasteiger partial charge in [0, 0.05) is 12.3 Å². The van der Waals surface area contributed by atoms with E-state index in [1.807, 2.05) is 6.07 Å². The molecule has 1 aromatic carbocycles. The van der Waals surface area contributed by atoms with E-state index in [0.29, 0.717) is 22.3 Å². The molecule has 1 atom stereocenters. The van der Waals surface area contributed by atoms with E-state index in [0.717, 1.165) is 0 Å². The van der Waals surface area contributed by atoms with Crippen LogP contribution < -0.4 is 16.4 Å². The zero-order valence-electron chi connectivity index (χ0n) is 13.3. The van der Waals surface area contributed by atoms with Crippen LogP contribution in [0.15, 0.2) is 42.6 Å². The minimum Gasteiger partial charge on any atom is -0.467 e. The van der Waals surface area contributed by atoms with Gasteiger partial charge in [-0.1, -0.05) is 30.3 Å². The van der Waals surface area contributed by atoms with Crippen LogP contribution in [-0.4, -0.2) is 34.3 Å². The zero-order valence-corrected chi connectivity index (χ0v) is 13.3. The summed E-state index contributed by atoms with van der Waals surface area (Å²) in [6.45, 7) is 0. The first-order valence-electron chi connectivity index (χ1n) is 7.38. The number of hydrogen-bond donors (Lipinski definition) is 4. The Bertz CT molecular complexity index is 909. The summed E-state index contributed by atoms with van der Waals surface area (Å²) in [6, 6.07) is 8.85. The number of nitrogens with one attached hydrogen (secondary N) is 3. The molecule has 3 rings (SSSR count). The number of esters is 1. The first-order valence-corrected chi connectivity index (χ1v) is 7.38. The Morgan fingerprint density at radius 1 is 1.28 bits per heavy atom. The van der Waals surface area contributed by atoms with Crippen LogP contribution in [0.4, 0.5) is 16.4 Å². The molecule has 0 spiro atoms. The summed E-state index contributed by atoms with van der Waals surface area (Å²) in [4.78, 5) is 28.3. The summed E-state index contributed by atoms with van der Waals surface area (Å²) in [5, 5.41) is 12.4. The third kappa shape index (κ3) is 3.50. The van der Waals surface area contributed by atoms with E-state index < -0.39 is 18.0 Å². The molecule has 2 heterocycles. The van der Waals surface area contributed by atoms with Crippen LogP contribution in [0.1, 0.15) is 11.6 Å². The standard InChI is InChI=1S/C16H16N6O3/c1-25-15(23)13(9-5-3-2-4-6-9)20-16(24)19-12-7-11-10(8-18-12)14(17)22-21-11/h2-8,13H,1H3,(H3,17,21,22)(H2,18,19,20,24)/t13-/m0/s1. The van der Waals surface area contributed by atoms with Gasteiger partial charge in [0.05, 0.1) is 18.0 Å². The molecule has 128 valence electrons. The number of anilines is 2. The van der Waals surface area contributed by atoms with Gasteiger partial charge in [-0.3, -0.25) is 10.4 Å². The number of fused-ring (bicyclic) bond motifs is 1. The fourth-order valence-electron chi connectivity index (χ4n) is 2.33. The number of pyridine rings is 1. The fourth-order valence-corrected chi connectivity index (χ4v) is 2.33. The number of rotatable bonds is 4. The minimum atomic E-state index is -0.933. The van der Waals surface area contributed by atoms with E-state index in [9.17, 15) is 9.59 Å². The van der Waals surface area contributed by atoms with Crippen LogP contribution in [0.2, 0.25) is 0 Å². The van der Waals surface area contributed by atoms with Crippen molar-refractivity contribution in [3.63, 3.8) is 0 Å². The second-order valence-electron chi connectivity index (χ2n) is 5.19. The Balaban J connectivity index is 1.75. The molecule has 0 saturated carbocycles. The first kappa shape index (κ1) is 16.2. The maximum atomic E-state index is 12.2. The van der Waals surface area contributed by atoms with Crippen molar-refractivity contribution in [3.05, 3.63) is 48.2 Å². The third-order valence-electron chi connectivity index (χ3n) is 3.56. The molecule has 2 amide bonds. The van der Waals surface area contributed by atoms with Gasteiger partial charge in [-0.25, -0.2) is 14.6 Å². The number of hydrogen-bond acceptors (Lipinski definition) is 6. The Labute approximate surface area is 142 Å². The van der Waals surface area contributed by atoms with Crippen molar-refractivity contribution in [3.8, 4) is 0 Å². The average molecular weight is 340 g/mol. The smallest absolute Gasteiger partial charge is 0.333 e. The summed E-state index contributed by atoms with van der Waals surface area (Å²) in [7, 11) is 1.26. The summed E-state index contributed by atoms with van der Waals surface area (Å²) in [5.41, 5.74) is 6.91. The molecule has 0 aliphatic heterocycles. The second kappa shape index (κ2) is 6.87. The quantitative estimate of drug-likeness (QED) is 0.533. The number of carbonyl (C=O) groups excluding carboxylic acids is 2. The lowest BCUT2D eigenvalue weighted by atomic mass is 10.1. The highest BCUT2D eigenvalue weighted by Gasteiger charge is 2.23. The predicted octanol–water partition coefficient (Wildman–Crippen LogP) is 1.58. The summed E-state index contributed by atoms with van der Waals surface area (Å²) < 4.78 is 4.75. The highest BCUT2D eigenvalue weighted by molar-refractivity contribution is 5.95. The molecule has 9 nitrogen and oxygen atoms in total. The highest BCUT2D eigenvalue weighted by atomic mass is 16.5. The molecule has 0 saturated heterocycles. The van der Waals surface area contributed by atoms with Crippen molar-refractivity contribution in [2.24, 2.45) is 0 Å². The number of amides is 2. The summed E-state index contributed by atoms with van der Waals surface area (Å²) >= 11 is 0. The Hall–Kier alpha value is -3.62. The van der Waals surface area contributed by atoms with E-state index in [4.69, 9.17) is 10.5 Å². The molecule has 0 aliphatic carbocycles. The Kier molecular flexibility index (Phi) is 4.46. The molecule has 3 aromatic rings. The highest BCUT2D eigenvalue weighted by Crippen LogP contribution is 2.19. The minimum absolute atomic E-state index is 0.283. The monoisotopic (exact) mass is 340 g/mol. The van der Waals surface area contributed by atoms with Crippen LogP contribution >= 0.6 is 0 Å². The number of aromatic amines is 1. The molecule has 0 aliphatic rings. The number of nitrogens with two attached hydrogens (primary N) is 1. The lowest BCUT2D eigenvalue weighted by Crippen LogP contribution is -2.37. The summed E-state index contributed by atoms with van der Waals surface area (Å²) in [5.74, 6) is 0.0322. The van der Waals surface area contributed by atoms with Crippen molar-refractivity contribution >= 4 is 34.5 Å². The van der Waals surface area contributed by atoms with E-state index in [-0.39, 0.29) is 5.82 Å². The number of carbonyl (C=O) groups is 2. The number of aromatic nitrogens is 3. The number of H-pyrrole nitrogens is 1. The SMILES string of the molecule is COC(=O)[C@@H](NC(=O)Nc1cc2[nH]nc(N)c2cn1)c1ccccc1. The van der Waals surface area contributed by atoms with Gasteiger partial charge < -0.3 is 15.8 Å². The topological polar surface area (TPSA) is 135 Å². The van der Waals surface area contributed by atoms with Gasteiger partial charge >= 0.3 is 12.0 Å². The van der Waals surface area contributed by atoms with Gasteiger partial charge in [-0.05, 0) is 5.56 Å². The van der Waals surface area contributed by atoms with Crippen LogP contribution in [0.3, 0.4) is 0 Å². The molecule has 25 heavy (non-hydrogen) atoms. The van der Waals surface area contributed by atoms with Gasteiger partial charge in [-0.2, -0.15) is 5.10 Å². The molecular weight excluding hydrogens is 324 g/mol. The normalized spacial score (nSPS) is 11.7. The van der Waals surface area contributed by atoms with Gasteiger partial charge in [0.15, 0.2) is 11.9 Å². The zero-order chi connectivity index (χ0) is 17.8. The van der Waals surface area contributed by atoms with Gasteiger partial charge in [0.2, 0.25) is 0 Å². The lowest BCUT2D eigenvalue weighted by Gasteiger charge is -2.17. The van der Waals surface area contributed by atoms with Gasteiger partial charge in [-0.15, -0.1) is 0 Å². The van der Waals surface area contributed by atoms with E-state index in [2.05, 4.69) is 25.8 Å². The maximum Gasteiger partial charge on any atom is 0.333 e. The number of methoxy groups -OCH3 is 1. The van der Waals surface area contributed by atoms with Crippen LogP contribution in [0.25, 0.3) is 10.9 Å². The second-order valence-corrected chi connectivity index (χ2v) is 5.19. The van der Waals surface area contributed by atoms with Crippen LogP contribution in [0, 0.1) is 0 Å². The Morgan fingerprint density at radius 3 is 2.76 bits per heavy atom. The van der Waals surface area contributed by atoms with Gasteiger partial charge in [0.1, 0.15) is 5.82 Å². The number of ether oxygens (including phenoxy) is 1. The van der Waals surface area contributed by atoms with Crippen LogP contribution in [-0.2, 0) is 9.53 Å². The van der Waals surface area contributed by atoms with Crippen molar-refractivity contribution in [2.75, 3.05) is 18.2 Å². The first-order chi connectivity index (χ1) is 12.1. The molecule has 9 heteroatoms. The maximum absolute atomic E-state index is 12.2. The Morgan fingerprint density at radius 2 is 2.04 bits per heavy atom. The molecule has 0 unspecified atom stereocenters. The van der Waals surface area contributed by atoms with Crippen molar-refractivity contribution < 1.29 is 14.3 Å². The number of urea groups is 1. The molecule has 0 bridgehead atoms.